The number of hydrogen-bond donors (Lipinski definition) is 0. The zero-order chi connectivity index (χ0) is 8.86. The molecule has 0 spiro atoms. The SMILES string of the molecule is C1=CC2C3CC4C5C=CC3C1C5CC24. The summed E-state index contributed by atoms with van der Waals surface area (Å²) >= 11 is 0. The van der Waals surface area contributed by atoms with Crippen molar-refractivity contribution in [1.29, 1.82) is 0 Å². The van der Waals surface area contributed by atoms with Crippen molar-refractivity contribution in [2.75, 3.05) is 0 Å². The molecule has 72 valence electrons. The van der Waals surface area contributed by atoms with Crippen LogP contribution >= 0.6 is 0 Å². The smallest absolute Gasteiger partial charge is 0.0133 e. The Bertz CT molecular complexity index is 328. The van der Waals surface area contributed by atoms with Gasteiger partial charge in [0.25, 0.3) is 0 Å². The third kappa shape index (κ3) is 0.515. The maximum Gasteiger partial charge on any atom is -0.0133 e. The van der Waals surface area contributed by atoms with Crippen molar-refractivity contribution in [3.63, 3.8) is 0 Å². The van der Waals surface area contributed by atoms with Crippen LogP contribution in [0.4, 0.5) is 0 Å². The summed E-state index contributed by atoms with van der Waals surface area (Å²) in [5.41, 5.74) is 0. The first-order valence-electron chi connectivity index (χ1n) is 6.30. The molecule has 8 unspecified atom stereocenters. The highest BCUT2D eigenvalue weighted by Gasteiger charge is 2.62. The van der Waals surface area contributed by atoms with Gasteiger partial charge >= 0.3 is 0 Å². The van der Waals surface area contributed by atoms with Crippen LogP contribution in [0.25, 0.3) is 0 Å². The molecule has 0 heteroatoms. The van der Waals surface area contributed by atoms with Crippen LogP contribution in [0.5, 0.6) is 0 Å². The third-order valence-electron chi connectivity index (χ3n) is 6.16. The molecule has 5 rings (SSSR count). The first-order valence-corrected chi connectivity index (χ1v) is 6.30. The Hall–Kier alpha value is -0.520. The molecule has 0 aromatic carbocycles. The average Bonchev–Trinajstić information content (AvgIpc) is 2.52. The fourth-order valence-corrected chi connectivity index (χ4v) is 5.84. The summed E-state index contributed by atoms with van der Waals surface area (Å²) in [6.07, 6.45) is 13.5. The standard InChI is InChI=1S/C14H16/c1-3-9-12-6-14-10-4-2-8(12)7(1)11(10)5-13(9)14/h1-4,7-14H,5-6H2. The van der Waals surface area contributed by atoms with E-state index in [1.54, 1.807) is 12.8 Å². The van der Waals surface area contributed by atoms with Gasteiger partial charge in [0.05, 0.1) is 0 Å². The molecule has 5 aliphatic rings. The average molecular weight is 184 g/mol. The van der Waals surface area contributed by atoms with E-state index in [0.717, 1.165) is 47.3 Å². The van der Waals surface area contributed by atoms with Crippen LogP contribution in [-0.4, -0.2) is 0 Å². The minimum atomic E-state index is 0.948. The zero-order valence-corrected chi connectivity index (χ0v) is 8.34. The highest BCUT2D eigenvalue weighted by Crippen LogP contribution is 2.69. The third-order valence-corrected chi connectivity index (χ3v) is 6.16. The second-order valence-electron chi connectivity index (χ2n) is 6.21. The monoisotopic (exact) mass is 184 g/mol. The molecule has 0 aliphatic heterocycles. The molecule has 0 aromatic heterocycles. The van der Waals surface area contributed by atoms with Crippen LogP contribution in [0.2, 0.25) is 0 Å². The first kappa shape index (κ1) is 6.87. The minimum absolute atomic E-state index is 0.948. The van der Waals surface area contributed by atoms with Gasteiger partial charge in [-0.3, -0.25) is 0 Å². The first-order chi connectivity index (χ1) is 6.93. The van der Waals surface area contributed by atoms with E-state index in [4.69, 9.17) is 0 Å². The fraction of sp³-hybridized carbons (Fsp3) is 0.714. The van der Waals surface area contributed by atoms with Crippen molar-refractivity contribution >= 4 is 0 Å². The van der Waals surface area contributed by atoms with E-state index in [0.29, 0.717) is 0 Å². The minimum Gasteiger partial charge on any atom is -0.0845 e. The van der Waals surface area contributed by atoms with Gasteiger partial charge < -0.3 is 0 Å². The van der Waals surface area contributed by atoms with Crippen molar-refractivity contribution in [3.8, 4) is 0 Å². The molecule has 3 saturated carbocycles. The van der Waals surface area contributed by atoms with Crippen LogP contribution < -0.4 is 0 Å². The van der Waals surface area contributed by atoms with E-state index < -0.39 is 0 Å². The van der Waals surface area contributed by atoms with Crippen molar-refractivity contribution in [2.45, 2.75) is 12.8 Å². The maximum absolute atomic E-state index is 2.60. The van der Waals surface area contributed by atoms with Gasteiger partial charge in [-0.2, -0.15) is 0 Å². The predicted molar refractivity (Wildman–Crippen MR) is 55.4 cm³/mol. The van der Waals surface area contributed by atoms with E-state index in [1.165, 1.54) is 0 Å². The van der Waals surface area contributed by atoms with Gasteiger partial charge in [-0.05, 0) is 60.2 Å². The normalized spacial score (nSPS) is 69.7. The van der Waals surface area contributed by atoms with Gasteiger partial charge in [0, 0.05) is 0 Å². The summed E-state index contributed by atoms with van der Waals surface area (Å²) < 4.78 is 0. The van der Waals surface area contributed by atoms with E-state index >= 15 is 0 Å². The Balaban J connectivity index is 1.89. The lowest BCUT2D eigenvalue weighted by atomic mass is 9.66. The summed E-state index contributed by atoms with van der Waals surface area (Å²) in [7, 11) is 0. The fourth-order valence-electron chi connectivity index (χ4n) is 5.84. The molecule has 0 nitrogen and oxygen atoms in total. The molecule has 0 heterocycles. The van der Waals surface area contributed by atoms with E-state index in [9.17, 15) is 0 Å². The van der Waals surface area contributed by atoms with Gasteiger partial charge in [0.15, 0.2) is 0 Å². The highest BCUT2D eigenvalue weighted by molar-refractivity contribution is 5.28. The predicted octanol–water partition coefficient (Wildman–Crippen LogP) is 2.88. The van der Waals surface area contributed by atoms with E-state index in [-0.39, 0.29) is 0 Å². The van der Waals surface area contributed by atoms with Crippen LogP contribution in [0, 0.1) is 47.3 Å². The molecular formula is C14H16. The molecule has 3 fully saturated rings. The molecule has 0 amide bonds. The van der Waals surface area contributed by atoms with Gasteiger partial charge in [-0.15, -0.1) is 0 Å². The Morgan fingerprint density at radius 1 is 0.500 bits per heavy atom. The van der Waals surface area contributed by atoms with Crippen molar-refractivity contribution < 1.29 is 0 Å². The summed E-state index contributed by atoms with van der Waals surface area (Å²) in [4.78, 5) is 0. The summed E-state index contributed by atoms with van der Waals surface area (Å²) in [6.45, 7) is 0. The molecular weight excluding hydrogens is 168 g/mol. The number of hydrogen-bond acceptors (Lipinski definition) is 0. The maximum atomic E-state index is 2.60. The topological polar surface area (TPSA) is 0 Å². The Morgan fingerprint density at radius 2 is 0.929 bits per heavy atom. The number of allylic oxidation sites excluding steroid dienone is 4. The quantitative estimate of drug-likeness (QED) is 0.508. The Labute approximate surface area is 85.1 Å². The van der Waals surface area contributed by atoms with E-state index in [2.05, 4.69) is 24.3 Å². The second-order valence-corrected chi connectivity index (χ2v) is 6.21. The molecule has 0 aromatic rings. The Morgan fingerprint density at radius 3 is 1.43 bits per heavy atom. The molecule has 0 radical (unpaired) electrons. The highest BCUT2D eigenvalue weighted by atomic mass is 14.7. The summed E-state index contributed by atoms with van der Waals surface area (Å²) in [6, 6.07) is 0. The molecule has 0 saturated heterocycles. The van der Waals surface area contributed by atoms with E-state index in [1.807, 2.05) is 0 Å². The van der Waals surface area contributed by atoms with Crippen LogP contribution in [0.15, 0.2) is 24.3 Å². The summed E-state index contributed by atoms with van der Waals surface area (Å²) in [5, 5.41) is 0. The second kappa shape index (κ2) is 1.89. The summed E-state index contributed by atoms with van der Waals surface area (Å²) in [5.74, 6) is 8.15. The van der Waals surface area contributed by atoms with Crippen molar-refractivity contribution in [2.24, 2.45) is 47.3 Å². The van der Waals surface area contributed by atoms with Gasteiger partial charge in [-0.1, -0.05) is 24.3 Å². The van der Waals surface area contributed by atoms with Crippen molar-refractivity contribution in [3.05, 3.63) is 24.3 Å². The number of rotatable bonds is 0. The van der Waals surface area contributed by atoms with Gasteiger partial charge in [-0.25, -0.2) is 0 Å². The van der Waals surface area contributed by atoms with Crippen LogP contribution in [0.1, 0.15) is 12.8 Å². The largest absolute Gasteiger partial charge is 0.0845 e. The molecule has 0 N–H and O–H groups in total. The molecule has 5 aliphatic carbocycles. The van der Waals surface area contributed by atoms with Gasteiger partial charge in [0.2, 0.25) is 0 Å². The molecule has 14 heavy (non-hydrogen) atoms. The zero-order valence-electron chi connectivity index (χ0n) is 8.34. The van der Waals surface area contributed by atoms with Crippen molar-refractivity contribution in [1.82, 2.24) is 0 Å². The van der Waals surface area contributed by atoms with Gasteiger partial charge in [0.1, 0.15) is 0 Å². The van der Waals surface area contributed by atoms with Crippen LogP contribution in [0.3, 0.4) is 0 Å². The molecule has 8 atom stereocenters. The lowest BCUT2D eigenvalue weighted by Crippen LogP contribution is -2.33. The molecule has 8 bridgehead atoms. The Kier molecular flexibility index (Phi) is 0.929. The lowest BCUT2D eigenvalue weighted by Gasteiger charge is -2.39. The lowest BCUT2D eigenvalue weighted by molar-refractivity contribution is 0.214. The van der Waals surface area contributed by atoms with Crippen LogP contribution in [-0.2, 0) is 0 Å².